The van der Waals surface area contributed by atoms with Gasteiger partial charge in [-0.15, -0.1) is 0 Å². The van der Waals surface area contributed by atoms with Gasteiger partial charge in [0.25, 0.3) is 0 Å². The van der Waals surface area contributed by atoms with Crippen molar-refractivity contribution in [3.05, 3.63) is 50.6 Å². The monoisotopic (exact) mass is 380 g/mol. The third kappa shape index (κ3) is 5.27. The SMILES string of the molecule is Cc1cc(Br)ccc1NC(=O)CNC(=O)CCc1ccsc1. The highest BCUT2D eigenvalue weighted by atomic mass is 79.9. The minimum Gasteiger partial charge on any atom is -0.347 e. The first-order valence-corrected chi connectivity index (χ1v) is 8.62. The summed E-state index contributed by atoms with van der Waals surface area (Å²) < 4.78 is 0.963. The molecule has 0 bridgehead atoms. The van der Waals surface area contributed by atoms with Crippen molar-refractivity contribution < 1.29 is 9.59 Å². The summed E-state index contributed by atoms with van der Waals surface area (Å²) in [6.07, 6.45) is 1.09. The van der Waals surface area contributed by atoms with E-state index in [9.17, 15) is 9.59 Å². The summed E-state index contributed by atoms with van der Waals surface area (Å²) in [6, 6.07) is 7.62. The van der Waals surface area contributed by atoms with E-state index in [0.717, 1.165) is 21.3 Å². The van der Waals surface area contributed by atoms with E-state index in [1.165, 1.54) is 0 Å². The predicted octanol–water partition coefficient (Wildman–Crippen LogP) is 3.51. The number of thiophene rings is 1. The molecule has 0 saturated heterocycles. The Morgan fingerprint density at radius 1 is 1.23 bits per heavy atom. The lowest BCUT2D eigenvalue weighted by molar-refractivity contribution is -0.124. The van der Waals surface area contributed by atoms with E-state index in [0.29, 0.717) is 12.8 Å². The van der Waals surface area contributed by atoms with Crippen LogP contribution in [0.25, 0.3) is 0 Å². The summed E-state index contributed by atoms with van der Waals surface area (Å²) in [7, 11) is 0. The van der Waals surface area contributed by atoms with E-state index in [-0.39, 0.29) is 18.4 Å². The first-order chi connectivity index (χ1) is 10.5. The Morgan fingerprint density at radius 3 is 2.73 bits per heavy atom. The van der Waals surface area contributed by atoms with Crippen LogP contribution in [0.4, 0.5) is 5.69 Å². The number of hydrogen-bond acceptors (Lipinski definition) is 3. The molecule has 4 nitrogen and oxygen atoms in total. The van der Waals surface area contributed by atoms with Crippen LogP contribution in [0, 0.1) is 6.92 Å². The predicted molar refractivity (Wildman–Crippen MR) is 93.2 cm³/mol. The number of carbonyl (C=O) groups excluding carboxylic acids is 2. The molecule has 0 aliphatic rings. The van der Waals surface area contributed by atoms with Crippen LogP contribution in [0.5, 0.6) is 0 Å². The fourth-order valence-electron chi connectivity index (χ4n) is 1.92. The number of anilines is 1. The molecule has 0 atom stereocenters. The van der Waals surface area contributed by atoms with Gasteiger partial charge in [-0.25, -0.2) is 0 Å². The highest BCUT2D eigenvalue weighted by molar-refractivity contribution is 9.10. The molecule has 1 aromatic heterocycles. The van der Waals surface area contributed by atoms with Gasteiger partial charge in [-0.1, -0.05) is 15.9 Å². The maximum Gasteiger partial charge on any atom is 0.243 e. The van der Waals surface area contributed by atoms with Gasteiger partial charge in [0, 0.05) is 16.6 Å². The highest BCUT2D eigenvalue weighted by Gasteiger charge is 2.08. The quantitative estimate of drug-likeness (QED) is 0.805. The maximum atomic E-state index is 11.9. The molecule has 2 N–H and O–H groups in total. The number of amides is 2. The zero-order valence-electron chi connectivity index (χ0n) is 12.2. The number of aryl methyl sites for hydroxylation is 2. The van der Waals surface area contributed by atoms with E-state index in [1.807, 2.05) is 41.9 Å². The summed E-state index contributed by atoms with van der Waals surface area (Å²) in [5.41, 5.74) is 2.86. The molecule has 0 spiro atoms. The first-order valence-electron chi connectivity index (χ1n) is 6.88. The second-order valence-corrected chi connectivity index (χ2v) is 6.61. The van der Waals surface area contributed by atoms with Gasteiger partial charge < -0.3 is 10.6 Å². The Morgan fingerprint density at radius 2 is 2.05 bits per heavy atom. The molecular formula is C16H17BrN2O2S. The molecule has 2 rings (SSSR count). The van der Waals surface area contributed by atoms with E-state index >= 15 is 0 Å². The number of nitrogens with one attached hydrogen (secondary N) is 2. The summed E-state index contributed by atoms with van der Waals surface area (Å²) in [4.78, 5) is 23.6. The van der Waals surface area contributed by atoms with Crippen molar-refractivity contribution in [2.45, 2.75) is 19.8 Å². The Bertz CT molecular complexity index is 656. The van der Waals surface area contributed by atoms with Crippen LogP contribution in [-0.2, 0) is 16.0 Å². The van der Waals surface area contributed by atoms with Crippen molar-refractivity contribution in [1.29, 1.82) is 0 Å². The highest BCUT2D eigenvalue weighted by Crippen LogP contribution is 2.19. The minimum atomic E-state index is -0.227. The molecule has 0 saturated carbocycles. The molecule has 116 valence electrons. The van der Waals surface area contributed by atoms with Crippen LogP contribution >= 0.6 is 27.3 Å². The minimum absolute atomic E-state index is 0.0159. The lowest BCUT2D eigenvalue weighted by Crippen LogP contribution is -2.33. The lowest BCUT2D eigenvalue weighted by atomic mass is 10.2. The van der Waals surface area contributed by atoms with Crippen molar-refractivity contribution in [3.63, 3.8) is 0 Å². The van der Waals surface area contributed by atoms with Crippen LogP contribution in [-0.4, -0.2) is 18.4 Å². The topological polar surface area (TPSA) is 58.2 Å². The summed E-state index contributed by atoms with van der Waals surface area (Å²) in [5.74, 6) is -0.344. The van der Waals surface area contributed by atoms with Crippen LogP contribution in [0.2, 0.25) is 0 Å². The first kappa shape index (κ1) is 16.7. The number of hydrogen-bond donors (Lipinski definition) is 2. The van der Waals surface area contributed by atoms with E-state index in [4.69, 9.17) is 0 Å². The lowest BCUT2D eigenvalue weighted by Gasteiger charge is -2.09. The molecular weight excluding hydrogens is 364 g/mol. The Hall–Kier alpha value is -1.66. The van der Waals surface area contributed by atoms with Gasteiger partial charge in [-0.2, -0.15) is 11.3 Å². The van der Waals surface area contributed by atoms with E-state index in [1.54, 1.807) is 11.3 Å². The normalized spacial score (nSPS) is 10.3. The fraction of sp³-hybridized carbons (Fsp3) is 0.250. The zero-order chi connectivity index (χ0) is 15.9. The van der Waals surface area contributed by atoms with Gasteiger partial charge in [0.2, 0.25) is 11.8 Å². The van der Waals surface area contributed by atoms with Crippen LogP contribution < -0.4 is 10.6 Å². The van der Waals surface area contributed by atoms with E-state index in [2.05, 4.69) is 26.6 Å². The largest absolute Gasteiger partial charge is 0.347 e. The van der Waals surface area contributed by atoms with Crippen LogP contribution in [0.1, 0.15) is 17.5 Å². The smallest absolute Gasteiger partial charge is 0.243 e. The van der Waals surface area contributed by atoms with Gasteiger partial charge in [0.15, 0.2) is 0 Å². The molecule has 1 heterocycles. The van der Waals surface area contributed by atoms with Crippen LogP contribution in [0.15, 0.2) is 39.5 Å². The second kappa shape index (κ2) is 8.10. The van der Waals surface area contributed by atoms with Gasteiger partial charge in [-0.05, 0) is 59.5 Å². The molecule has 2 aromatic rings. The molecule has 0 aliphatic heterocycles. The molecule has 0 fully saturated rings. The van der Waals surface area contributed by atoms with Gasteiger partial charge in [0.05, 0.1) is 6.54 Å². The standard InChI is InChI=1S/C16H17BrN2O2S/c1-11-8-13(17)3-4-14(11)19-16(21)9-18-15(20)5-2-12-6-7-22-10-12/h3-4,6-8,10H,2,5,9H2,1H3,(H,18,20)(H,19,21). The fourth-order valence-corrected chi connectivity index (χ4v) is 3.10. The summed E-state index contributed by atoms with van der Waals surface area (Å²) >= 11 is 4.99. The number of carbonyl (C=O) groups is 2. The Balaban J connectivity index is 1.74. The van der Waals surface area contributed by atoms with Gasteiger partial charge in [-0.3, -0.25) is 9.59 Å². The Labute approximate surface area is 142 Å². The van der Waals surface area contributed by atoms with E-state index < -0.39 is 0 Å². The van der Waals surface area contributed by atoms with Crippen molar-refractivity contribution in [3.8, 4) is 0 Å². The number of halogens is 1. The third-order valence-corrected chi connectivity index (χ3v) is 4.35. The van der Waals surface area contributed by atoms with Crippen molar-refractivity contribution in [2.75, 3.05) is 11.9 Å². The second-order valence-electron chi connectivity index (χ2n) is 4.92. The van der Waals surface area contributed by atoms with Crippen molar-refractivity contribution >= 4 is 44.8 Å². The van der Waals surface area contributed by atoms with Gasteiger partial charge in [0.1, 0.15) is 0 Å². The maximum absolute atomic E-state index is 11.9. The zero-order valence-corrected chi connectivity index (χ0v) is 14.6. The molecule has 0 aliphatic carbocycles. The average Bonchev–Trinajstić information content (AvgIpc) is 2.99. The van der Waals surface area contributed by atoms with Gasteiger partial charge >= 0.3 is 0 Å². The molecule has 1 aromatic carbocycles. The molecule has 6 heteroatoms. The molecule has 0 unspecified atom stereocenters. The molecule has 22 heavy (non-hydrogen) atoms. The average molecular weight is 381 g/mol. The number of rotatable bonds is 6. The molecule has 0 radical (unpaired) electrons. The summed E-state index contributed by atoms with van der Waals surface area (Å²) in [5, 5.41) is 9.44. The third-order valence-electron chi connectivity index (χ3n) is 3.13. The van der Waals surface area contributed by atoms with Crippen molar-refractivity contribution in [2.24, 2.45) is 0 Å². The Kier molecular flexibility index (Phi) is 6.15. The number of benzene rings is 1. The summed E-state index contributed by atoms with van der Waals surface area (Å²) in [6.45, 7) is 1.90. The molecule has 2 amide bonds. The van der Waals surface area contributed by atoms with Crippen LogP contribution in [0.3, 0.4) is 0 Å². The van der Waals surface area contributed by atoms with Crippen molar-refractivity contribution in [1.82, 2.24) is 5.32 Å².